The Morgan fingerprint density at radius 2 is 1.24 bits per heavy atom. The van der Waals surface area contributed by atoms with Crippen LogP contribution in [0.2, 0.25) is 0 Å². The SMILES string of the molecule is CN1C(=O)C(=C(c2ccc3ccccc3c2)c2ccc3ccccc3c2)N=C1c1cccn1C. The number of nitrogens with zero attached hydrogens (tertiary/aromatic N) is 3. The van der Waals surface area contributed by atoms with Crippen LogP contribution in [0.25, 0.3) is 27.1 Å². The summed E-state index contributed by atoms with van der Waals surface area (Å²) in [6, 6.07) is 33.2. The molecule has 0 radical (unpaired) electrons. The molecule has 0 saturated carbocycles. The molecule has 4 nitrogen and oxygen atoms in total. The van der Waals surface area contributed by atoms with Crippen molar-refractivity contribution in [1.29, 1.82) is 0 Å². The molecule has 0 aliphatic carbocycles. The Labute approximate surface area is 198 Å². The van der Waals surface area contributed by atoms with Crippen LogP contribution in [0.15, 0.2) is 114 Å². The third kappa shape index (κ3) is 3.23. The zero-order chi connectivity index (χ0) is 23.2. The second-order valence-electron chi connectivity index (χ2n) is 8.65. The average Bonchev–Trinajstić information content (AvgIpc) is 3.42. The summed E-state index contributed by atoms with van der Waals surface area (Å²) in [7, 11) is 3.75. The molecular formula is C30H23N3O. The first-order valence-electron chi connectivity index (χ1n) is 11.3. The summed E-state index contributed by atoms with van der Waals surface area (Å²) in [5, 5.41) is 4.59. The van der Waals surface area contributed by atoms with Gasteiger partial charge in [0.15, 0.2) is 5.84 Å². The lowest BCUT2D eigenvalue weighted by Gasteiger charge is -2.14. The number of aliphatic imine (C=N–C) groups is 1. The zero-order valence-corrected chi connectivity index (χ0v) is 19.1. The number of aromatic nitrogens is 1. The molecule has 0 atom stereocenters. The molecule has 0 saturated heterocycles. The molecule has 4 heteroatoms. The van der Waals surface area contributed by atoms with Crippen molar-refractivity contribution in [3.05, 3.63) is 126 Å². The molecule has 0 fully saturated rings. The van der Waals surface area contributed by atoms with Gasteiger partial charge in [0.1, 0.15) is 5.70 Å². The highest BCUT2D eigenvalue weighted by molar-refractivity contribution is 6.21. The maximum absolute atomic E-state index is 13.6. The van der Waals surface area contributed by atoms with E-state index in [1.807, 2.05) is 54.2 Å². The number of carbonyl (C=O) groups excluding carboxylic acids is 1. The minimum absolute atomic E-state index is 0.104. The predicted molar refractivity (Wildman–Crippen MR) is 139 cm³/mol. The number of rotatable bonds is 3. The smallest absolute Gasteiger partial charge is 0.278 e. The molecule has 0 spiro atoms. The number of likely N-dealkylation sites (N-methyl/N-ethyl adjacent to an activating group) is 1. The molecule has 5 aromatic rings. The number of carbonyl (C=O) groups is 1. The van der Waals surface area contributed by atoms with Crippen LogP contribution in [-0.2, 0) is 11.8 Å². The van der Waals surface area contributed by atoms with Gasteiger partial charge in [-0.15, -0.1) is 0 Å². The van der Waals surface area contributed by atoms with E-state index < -0.39 is 0 Å². The standard InChI is InChI=1S/C30H23N3O/c1-32-17-7-12-26(32)29-31-28(30(34)33(29)2)27(24-15-13-20-8-3-5-10-22(20)18-24)25-16-14-21-9-4-6-11-23(21)19-25/h3-19H,1-2H3. The summed E-state index contributed by atoms with van der Waals surface area (Å²) in [5.41, 5.74) is 4.16. The molecular weight excluding hydrogens is 418 g/mol. The Morgan fingerprint density at radius 3 is 1.76 bits per heavy atom. The monoisotopic (exact) mass is 441 g/mol. The van der Waals surface area contributed by atoms with Crippen LogP contribution in [0.5, 0.6) is 0 Å². The highest BCUT2D eigenvalue weighted by atomic mass is 16.2. The van der Waals surface area contributed by atoms with Crippen molar-refractivity contribution in [3.63, 3.8) is 0 Å². The summed E-state index contributed by atoms with van der Waals surface area (Å²) >= 11 is 0. The Bertz CT molecular complexity index is 1570. The fourth-order valence-corrected chi connectivity index (χ4v) is 4.70. The molecule has 1 aromatic heterocycles. The first-order chi connectivity index (χ1) is 16.6. The maximum Gasteiger partial charge on any atom is 0.278 e. The minimum atomic E-state index is -0.104. The zero-order valence-electron chi connectivity index (χ0n) is 19.1. The number of benzene rings is 4. The van der Waals surface area contributed by atoms with E-state index in [-0.39, 0.29) is 5.91 Å². The Balaban J connectivity index is 1.64. The van der Waals surface area contributed by atoms with Gasteiger partial charge >= 0.3 is 0 Å². The fraction of sp³-hybridized carbons (Fsp3) is 0.0667. The molecule has 0 unspecified atom stereocenters. The van der Waals surface area contributed by atoms with Gasteiger partial charge in [0.2, 0.25) is 0 Å². The predicted octanol–water partition coefficient (Wildman–Crippen LogP) is 6.01. The van der Waals surface area contributed by atoms with Crippen LogP contribution >= 0.6 is 0 Å². The summed E-state index contributed by atoms with van der Waals surface area (Å²) < 4.78 is 1.98. The van der Waals surface area contributed by atoms with Gasteiger partial charge in [0.05, 0.1) is 5.69 Å². The van der Waals surface area contributed by atoms with Crippen molar-refractivity contribution >= 4 is 38.9 Å². The number of aryl methyl sites for hydroxylation is 1. The molecule has 2 heterocycles. The Kier molecular flexibility index (Phi) is 4.66. The maximum atomic E-state index is 13.6. The van der Waals surface area contributed by atoms with Gasteiger partial charge < -0.3 is 4.57 Å². The van der Waals surface area contributed by atoms with E-state index >= 15 is 0 Å². The first-order valence-corrected chi connectivity index (χ1v) is 11.3. The molecule has 1 aliphatic rings. The van der Waals surface area contributed by atoms with Crippen LogP contribution < -0.4 is 0 Å². The van der Waals surface area contributed by atoms with Crippen molar-refractivity contribution in [2.75, 3.05) is 7.05 Å². The number of fused-ring (bicyclic) bond motifs is 2. The first kappa shape index (κ1) is 20.2. The van der Waals surface area contributed by atoms with E-state index in [0.717, 1.165) is 43.9 Å². The largest absolute Gasteiger partial charge is 0.348 e. The summed E-state index contributed by atoms with van der Waals surface area (Å²) in [5.74, 6) is 0.555. The van der Waals surface area contributed by atoms with E-state index in [1.54, 1.807) is 11.9 Å². The summed E-state index contributed by atoms with van der Waals surface area (Å²) in [4.78, 5) is 20.1. The Hall–Kier alpha value is -4.44. The molecule has 6 rings (SSSR count). The van der Waals surface area contributed by atoms with E-state index in [9.17, 15) is 4.79 Å². The number of hydrogen-bond acceptors (Lipinski definition) is 2. The normalized spacial score (nSPS) is 13.7. The number of hydrogen-bond donors (Lipinski definition) is 0. The van der Waals surface area contributed by atoms with Crippen molar-refractivity contribution in [2.45, 2.75) is 0 Å². The van der Waals surface area contributed by atoms with Gasteiger partial charge in [0.25, 0.3) is 5.91 Å². The molecule has 164 valence electrons. The van der Waals surface area contributed by atoms with Crippen LogP contribution in [0.1, 0.15) is 16.8 Å². The van der Waals surface area contributed by atoms with Gasteiger partial charge in [0, 0.05) is 25.9 Å². The van der Waals surface area contributed by atoms with Crippen LogP contribution in [0.4, 0.5) is 0 Å². The van der Waals surface area contributed by atoms with Gasteiger partial charge in [-0.05, 0) is 56.9 Å². The average molecular weight is 442 g/mol. The fourth-order valence-electron chi connectivity index (χ4n) is 4.70. The topological polar surface area (TPSA) is 37.6 Å². The van der Waals surface area contributed by atoms with Crippen molar-refractivity contribution < 1.29 is 4.79 Å². The third-order valence-electron chi connectivity index (χ3n) is 6.53. The van der Waals surface area contributed by atoms with Crippen LogP contribution in [0, 0.1) is 0 Å². The van der Waals surface area contributed by atoms with E-state index in [2.05, 4.69) is 60.7 Å². The molecule has 1 amide bonds. The lowest BCUT2D eigenvalue weighted by atomic mass is 9.92. The molecule has 34 heavy (non-hydrogen) atoms. The highest BCUT2D eigenvalue weighted by Gasteiger charge is 2.32. The number of amidine groups is 1. The van der Waals surface area contributed by atoms with Crippen molar-refractivity contribution in [2.24, 2.45) is 12.0 Å². The second-order valence-corrected chi connectivity index (χ2v) is 8.65. The van der Waals surface area contributed by atoms with Gasteiger partial charge in [-0.1, -0.05) is 72.8 Å². The van der Waals surface area contributed by atoms with E-state index in [0.29, 0.717) is 11.5 Å². The molecule has 0 bridgehead atoms. The van der Waals surface area contributed by atoms with Crippen molar-refractivity contribution in [3.8, 4) is 0 Å². The van der Waals surface area contributed by atoms with Crippen LogP contribution in [-0.4, -0.2) is 28.3 Å². The van der Waals surface area contributed by atoms with E-state index in [1.165, 1.54) is 0 Å². The van der Waals surface area contributed by atoms with E-state index in [4.69, 9.17) is 4.99 Å². The number of amides is 1. The highest BCUT2D eigenvalue weighted by Crippen LogP contribution is 2.35. The second kappa shape index (κ2) is 7.85. The lowest BCUT2D eigenvalue weighted by Crippen LogP contribution is -2.29. The van der Waals surface area contributed by atoms with Gasteiger partial charge in [-0.25, -0.2) is 4.99 Å². The van der Waals surface area contributed by atoms with Crippen LogP contribution in [0.3, 0.4) is 0 Å². The molecule has 0 N–H and O–H groups in total. The summed E-state index contributed by atoms with van der Waals surface area (Å²) in [6.07, 6.45) is 1.96. The summed E-state index contributed by atoms with van der Waals surface area (Å²) in [6.45, 7) is 0. The molecule has 4 aromatic carbocycles. The third-order valence-corrected chi connectivity index (χ3v) is 6.53. The molecule has 1 aliphatic heterocycles. The quantitative estimate of drug-likeness (QED) is 0.316. The van der Waals surface area contributed by atoms with Gasteiger partial charge in [-0.2, -0.15) is 0 Å². The van der Waals surface area contributed by atoms with Crippen molar-refractivity contribution in [1.82, 2.24) is 9.47 Å². The Morgan fingerprint density at radius 1 is 0.676 bits per heavy atom. The lowest BCUT2D eigenvalue weighted by molar-refractivity contribution is -0.121. The minimum Gasteiger partial charge on any atom is -0.348 e. The van der Waals surface area contributed by atoms with Gasteiger partial charge in [-0.3, -0.25) is 9.69 Å².